The van der Waals surface area contributed by atoms with Crippen LogP contribution in [0.1, 0.15) is 46.0 Å². The minimum Gasteiger partial charge on any atom is -0.392 e. The highest BCUT2D eigenvalue weighted by Gasteiger charge is 2.37. The van der Waals surface area contributed by atoms with Gasteiger partial charge in [-0.1, -0.05) is 19.8 Å². The molecule has 15 heavy (non-hydrogen) atoms. The van der Waals surface area contributed by atoms with Crippen LogP contribution in [0.2, 0.25) is 0 Å². The van der Waals surface area contributed by atoms with E-state index in [0.717, 1.165) is 26.1 Å². The van der Waals surface area contributed by atoms with Gasteiger partial charge in [0.2, 0.25) is 0 Å². The Morgan fingerprint density at radius 1 is 1.40 bits per heavy atom. The van der Waals surface area contributed by atoms with Crippen LogP contribution in [0.15, 0.2) is 0 Å². The van der Waals surface area contributed by atoms with Gasteiger partial charge < -0.3 is 10.8 Å². The highest BCUT2D eigenvalue weighted by Crippen LogP contribution is 2.34. The summed E-state index contributed by atoms with van der Waals surface area (Å²) in [5.74, 6) is 0. The number of hydrogen-bond donors (Lipinski definition) is 2. The second-order valence-corrected chi connectivity index (χ2v) is 4.93. The number of β-amino-alcohol motifs (C(OH)–C–C–N with tert-alkyl or cyclic N) is 1. The third-order valence-electron chi connectivity index (χ3n) is 3.56. The molecule has 0 radical (unpaired) electrons. The number of nitrogens with zero attached hydrogens (tertiary/aromatic N) is 1. The molecule has 1 unspecified atom stereocenters. The maximum Gasteiger partial charge on any atom is 0.0639 e. The van der Waals surface area contributed by atoms with Crippen LogP contribution >= 0.6 is 0 Å². The Morgan fingerprint density at radius 3 is 2.40 bits per heavy atom. The first kappa shape index (κ1) is 12.9. The summed E-state index contributed by atoms with van der Waals surface area (Å²) < 4.78 is 0. The number of aliphatic hydroxyl groups is 1. The van der Waals surface area contributed by atoms with Crippen LogP contribution < -0.4 is 5.73 Å². The van der Waals surface area contributed by atoms with E-state index in [1.807, 2.05) is 6.92 Å². The lowest BCUT2D eigenvalue weighted by Gasteiger charge is -2.41. The van der Waals surface area contributed by atoms with Crippen molar-refractivity contribution in [2.75, 3.05) is 19.6 Å². The van der Waals surface area contributed by atoms with Crippen molar-refractivity contribution in [3.8, 4) is 0 Å². The van der Waals surface area contributed by atoms with E-state index in [9.17, 15) is 5.11 Å². The second-order valence-electron chi connectivity index (χ2n) is 4.93. The smallest absolute Gasteiger partial charge is 0.0639 e. The lowest BCUT2D eigenvalue weighted by molar-refractivity contribution is 0.0460. The molecule has 3 nitrogen and oxygen atoms in total. The van der Waals surface area contributed by atoms with Crippen molar-refractivity contribution in [1.29, 1.82) is 0 Å². The van der Waals surface area contributed by atoms with Crippen LogP contribution in [0.25, 0.3) is 0 Å². The van der Waals surface area contributed by atoms with E-state index >= 15 is 0 Å². The summed E-state index contributed by atoms with van der Waals surface area (Å²) in [5.41, 5.74) is 6.14. The predicted molar refractivity (Wildman–Crippen MR) is 63.8 cm³/mol. The molecule has 0 amide bonds. The third-order valence-corrected chi connectivity index (χ3v) is 3.56. The first-order chi connectivity index (χ1) is 7.14. The summed E-state index contributed by atoms with van der Waals surface area (Å²) in [7, 11) is 0. The fourth-order valence-corrected chi connectivity index (χ4v) is 2.79. The quantitative estimate of drug-likeness (QED) is 0.702. The number of nitrogens with two attached hydrogens (primary N) is 1. The molecule has 3 heteroatoms. The van der Waals surface area contributed by atoms with Crippen molar-refractivity contribution >= 4 is 0 Å². The van der Waals surface area contributed by atoms with Crippen LogP contribution in [-0.2, 0) is 0 Å². The topological polar surface area (TPSA) is 49.5 Å². The lowest BCUT2D eigenvalue weighted by atomic mass is 9.94. The first-order valence-corrected chi connectivity index (χ1v) is 6.28. The average molecular weight is 214 g/mol. The largest absolute Gasteiger partial charge is 0.392 e. The van der Waals surface area contributed by atoms with Crippen molar-refractivity contribution in [2.45, 2.75) is 57.6 Å². The monoisotopic (exact) mass is 214 g/mol. The Morgan fingerprint density at radius 2 is 2.00 bits per heavy atom. The molecule has 0 heterocycles. The number of aliphatic hydroxyl groups excluding tert-OH is 1. The molecule has 0 bridgehead atoms. The highest BCUT2D eigenvalue weighted by atomic mass is 16.3. The average Bonchev–Trinajstić information content (AvgIpc) is 2.66. The third kappa shape index (κ3) is 3.16. The number of rotatable bonds is 6. The van der Waals surface area contributed by atoms with Gasteiger partial charge in [-0.15, -0.1) is 0 Å². The van der Waals surface area contributed by atoms with Gasteiger partial charge in [-0.05, 0) is 32.7 Å². The van der Waals surface area contributed by atoms with Gasteiger partial charge in [0.05, 0.1) is 6.10 Å². The van der Waals surface area contributed by atoms with E-state index in [1.165, 1.54) is 25.7 Å². The van der Waals surface area contributed by atoms with E-state index in [-0.39, 0.29) is 11.6 Å². The summed E-state index contributed by atoms with van der Waals surface area (Å²) >= 11 is 0. The summed E-state index contributed by atoms with van der Waals surface area (Å²) in [4.78, 5) is 2.42. The molecule has 1 fully saturated rings. The Kier molecular flexibility index (Phi) is 5.03. The predicted octanol–water partition coefficient (Wildman–Crippen LogP) is 1.35. The standard InChI is InChI=1S/C12H26N2O/c1-3-8-14(9-11(2)15)12(10-13)6-4-5-7-12/h11,15H,3-10,13H2,1-2H3. The molecule has 1 aliphatic rings. The Bertz CT molecular complexity index is 176. The molecule has 1 aliphatic carbocycles. The highest BCUT2D eigenvalue weighted by molar-refractivity contribution is 4.96. The molecule has 1 rings (SSSR count). The van der Waals surface area contributed by atoms with Gasteiger partial charge >= 0.3 is 0 Å². The Hall–Kier alpha value is -0.120. The van der Waals surface area contributed by atoms with Crippen LogP contribution in [0.3, 0.4) is 0 Å². The van der Waals surface area contributed by atoms with Gasteiger partial charge in [-0.25, -0.2) is 0 Å². The molecule has 0 aliphatic heterocycles. The molecular formula is C12H26N2O. The Balaban J connectivity index is 2.66. The fourth-order valence-electron chi connectivity index (χ4n) is 2.79. The number of hydrogen-bond acceptors (Lipinski definition) is 3. The van der Waals surface area contributed by atoms with Crippen LogP contribution in [0.4, 0.5) is 0 Å². The molecule has 1 saturated carbocycles. The molecule has 0 aromatic rings. The van der Waals surface area contributed by atoms with Crippen molar-refractivity contribution in [3.63, 3.8) is 0 Å². The van der Waals surface area contributed by atoms with Gasteiger partial charge in [0, 0.05) is 18.6 Å². The van der Waals surface area contributed by atoms with E-state index in [1.54, 1.807) is 0 Å². The summed E-state index contributed by atoms with van der Waals surface area (Å²) in [6, 6.07) is 0. The molecule has 0 saturated heterocycles. The summed E-state index contributed by atoms with van der Waals surface area (Å²) in [5, 5.41) is 9.54. The van der Waals surface area contributed by atoms with E-state index in [2.05, 4.69) is 11.8 Å². The minimum absolute atomic E-state index is 0.188. The normalized spacial score (nSPS) is 22.2. The second kappa shape index (κ2) is 5.83. The van der Waals surface area contributed by atoms with Crippen molar-refractivity contribution in [3.05, 3.63) is 0 Å². The zero-order valence-corrected chi connectivity index (χ0v) is 10.2. The SMILES string of the molecule is CCCN(CC(C)O)C1(CN)CCCC1. The molecule has 1 atom stereocenters. The van der Waals surface area contributed by atoms with Crippen LogP contribution in [0.5, 0.6) is 0 Å². The van der Waals surface area contributed by atoms with Crippen LogP contribution in [0, 0.1) is 0 Å². The van der Waals surface area contributed by atoms with Crippen molar-refractivity contribution < 1.29 is 5.11 Å². The van der Waals surface area contributed by atoms with Gasteiger partial charge in [0.15, 0.2) is 0 Å². The van der Waals surface area contributed by atoms with E-state index in [0.29, 0.717) is 0 Å². The maximum atomic E-state index is 9.54. The zero-order chi connectivity index (χ0) is 11.3. The molecule has 0 aromatic heterocycles. The van der Waals surface area contributed by atoms with Gasteiger partial charge in [0.1, 0.15) is 0 Å². The van der Waals surface area contributed by atoms with Gasteiger partial charge in [0.25, 0.3) is 0 Å². The van der Waals surface area contributed by atoms with Crippen molar-refractivity contribution in [1.82, 2.24) is 4.90 Å². The van der Waals surface area contributed by atoms with E-state index in [4.69, 9.17) is 5.73 Å². The van der Waals surface area contributed by atoms with Crippen molar-refractivity contribution in [2.24, 2.45) is 5.73 Å². The van der Waals surface area contributed by atoms with Crippen LogP contribution in [-0.4, -0.2) is 41.3 Å². The lowest BCUT2D eigenvalue weighted by Crippen LogP contribution is -2.54. The summed E-state index contributed by atoms with van der Waals surface area (Å²) in [6.45, 7) is 6.61. The molecule has 3 N–H and O–H groups in total. The first-order valence-electron chi connectivity index (χ1n) is 6.28. The molecule has 90 valence electrons. The molecular weight excluding hydrogens is 188 g/mol. The fraction of sp³-hybridized carbons (Fsp3) is 1.00. The van der Waals surface area contributed by atoms with E-state index < -0.39 is 0 Å². The molecule has 0 aromatic carbocycles. The minimum atomic E-state index is -0.249. The van der Waals surface area contributed by atoms with Gasteiger partial charge in [-0.3, -0.25) is 4.90 Å². The summed E-state index contributed by atoms with van der Waals surface area (Å²) in [6.07, 6.45) is 5.87. The Labute approximate surface area is 93.6 Å². The molecule has 0 spiro atoms. The maximum absolute atomic E-state index is 9.54. The van der Waals surface area contributed by atoms with Gasteiger partial charge in [-0.2, -0.15) is 0 Å². The zero-order valence-electron chi connectivity index (χ0n) is 10.2.